The number of urea groups is 1. The van der Waals surface area contributed by atoms with E-state index in [1.807, 2.05) is 13.8 Å². The number of hydrogen-bond donors (Lipinski definition) is 1. The van der Waals surface area contributed by atoms with E-state index in [2.05, 4.69) is 11.9 Å². The van der Waals surface area contributed by atoms with Crippen molar-refractivity contribution in [3.63, 3.8) is 0 Å². The van der Waals surface area contributed by atoms with Gasteiger partial charge in [0.25, 0.3) is 11.8 Å². The molecule has 1 fully saturated rings. The van der Waals surface area contributed by atoms with Gasteiger partial charge in [0.2, 0.25) is 0 Å². The van der Waals surface area contributed by atoms with Gasteiger partial charge in [-0.2, -0.15) is 0 Å². The molecule has 9 heteroatoms. The van der Waals surface area contributed by atoms with Gasteiger partial charge < -0.3 is 9.47 Å². The van der Waals surface area contributed by atoms with E-state index in [9.17, 15) is 14.4 Å². The molecule has 0 spiro atoms. The number of benzene rings is 2. The number of imide groups is 2. The Morgan fingerprint density at radius 2 is 1.76 bits per heavy atom. The van der Waals surface area contributed by atoms with E-state index in [4.69, 9.17) is 32.7 Å². The lowest BCUT2D eigenvalue weighted by Crippen LogP contribution is -2.54. The predicted octanol–water partition coefficient (Wildman–Crippen LogP) is 5.19. The van der Waals surface area contributed by atoms with Gasteiger partial charge in [0, 0.05) is 5.56 Å². The summed E-state index contributed by atoms with van der Waals surface area (Å²) in [6.07, 6.45) is 3.60. The summed E-state index contributed by atoms with van der Waals surface area (Å²) in [7, 11) is 0. The van der Waals surface area contributed by atoms with Crippen LogP contribution in [-0.4, -0.2) is 31.1 Å². The smallest absolute Gasteiger partial charge is 0.335 e. The van der Waals surface area contributed by atoms with Crippen LogP contribution in [0.15, 0.2) is 48.6 Å². The molecular weight excluding hydrogens is 467 g/mol. The monoisotopic (exact) mass is 488 g/mol. The van der Waals surface area contributed by atoms with Crippen LogP contribution >= 0.6 is 23.2 Å². The van der Waals surface area contributed by atoms with E-state index in [0.717, 1.165) is 10.5 Å². The van der Waals surface area contributed by atoms with E-state index in [-0.39, 0.29) is 21.3 Å². The van der Waals surface area contributed by atoms with E-state index >= 15 is 0 Å². The maximum absolute atomic E-state index is 13.2. The maximum Gasteiger partial charge on any atom is 0.335 e. The molecule has 0 aliphatic carbocycles. The summed E-state index contributed by atoms with van der Waals surface area (Å²) in [6, 6.07) is 6.88. The number of halogens is 2. The van der Waals surface area contributed by atoms with Crippen molar-refractivity contribution in [3.8, 4) is 11.5 Å². The molecule has 0 aromatic heterocycles. The van der Waals surface area contributed by atoms with E-state index in [0.29, 0.717) is 36.7 Å². The molecule has 0 radical (unpaired) electrons. The number of anilines is 1. The zero-order valence-electron chi connectivity index (χ0n) is 18.1. The van der Waals surface area contributed by atoms with Crippen molar-refractivity contribution in [2.75, 3.05) is 18.1 Å². The van der Waals surface area contributed by atoms with Crippen molar-refractivity contribution < 1.29 is 23.9 Å². The van der Waals surface area contributed by atoms with E-state index in [1.54, 1.807) is 18.2 Å². The Bertz CT molecular complexity index is 1160. The lowest BCUT2D eigenvalue weighted by molar-refractivity contribution is -0.122. The fraction of sp³-hybridized carbons (Fsp3) is 0.208. The number of allylic oxidation sites excluding steroid dienone is 1. The average Bonchev–Trinajstić information content (AvgIpc) is 2.76. The third-order valence-electron chi connectivity index (χ3n) is 4.68. The first kappa shape index (κ1) is 24.4. The first-order chi connectivity index (χ1) is 15.8. The number of carbonyl (C=O) groups excluding carboxylic acids is 3. The molecule has 0 unspecified atom stereocenters. The molecule has 1 aliphatic heterocycles. The Morgan fingerprint density at radius 1 is 1.03 bits per heavy atom. The summed E-state index contributed by atoms with van der Waals surface area (Å²) in [5.41, 5.74) is 1.27. The van der Waals surface area contributed by atoms with Crippen molar-refractivity contribution in [2.45, 2.75) is 20.3 Å². The minimum absolute atomic E-state index is 0.166. The van der Waals surface area contributed by atoms with Crippen LogP contribution in [-0.2, 0) is 16.0 Å². The number of nitrogens with zero attached hydrogens (tertiary/aromatic N) is 1. The van der Waals surface area contributed by atoms with Gasteiger partial charge in [-0.3, -0.25) is 14.9 Å². The van der Waals surface area contributed by atoms with E-state index in [1.165, 1.54) is 24.3 Å². The second kappa shape index (κ2) is 10.6. The maximum atomic E-state index is 13.2. The minimum Gasteiger partial charge on any atom is -0.490 e. The first-order valence-electron chi connectivity index (χ1n) is 10.2. The molecule has 1 N–H and O–H groups in total. The highest BCUT2D eigenvalue weighted by Gasteiger charge is 2.37. The molecule has 1 aliphatic rings. The number of amides is 4. The van der Waals surface area contributed by atoms with Crippen LogP contribution in [0.2, 0.25) is 10.0 Å². The highest BCUT2D eigenvalue weighted by molar-refractivity contribution is 6.43. The molecule has 172 valence electrons. The SMILES string of the molecule is C=CCc1cc(/C=C2\C(=O)NC(=O)N(c3ccc(Cl)c(Cl)c3)C2=O)cc(OCC)c1OCC. The Morgan fingerprint density at radius 3 is 2.39 bits per heavy atom. The zero-order valence-corrected chi connectivity index (χ0v) is 19.6. The van der Waals surface area contributed by atoms with Crippen molar-refractivity contribution in [1.29, 1.82) is 0 Å². The summed E-state index contributed by atoms with van der Waals surface area (Å²) < 4.78 is 11.5. The Labute approximate surface area is 201 Å². The Kier molecular flexibility index (Phi) is 7.79. The summed E-state index contributed by atoms with van der Waals surface area (Å²) in [5, 5.41) is 2.62. The van der Waals surface area contributed by atoms with Gasteiger partial charge in [0.05, 0.1) is 28.9 Å². The standard InChI is InChI=1S/C24H22Cl2N2O5/c1-4-7-15-10-14(12-20(32-5-2)21(15)33-6-3)11-17-22(29)27-24(31)28(23(17)30)16-8-9-18(25)19(26)13-16/h4,8-13H,1,5-7H2,2-3H3,(H,27,29,31)/b17-11+. The first-order valence-corrected chi connectivity index (χ1v) is 11.0. The van der Waals surface area contributed by atoms with Gasteiger partial charge in [0.15, 0.2) is 11.5 Å². The molecular formula is C24H22Cl2N2O5. The van der Waals surface area contributed by atoms with Gasteiger partial charge in [-0.25, -0.2) is 9.69 Å². The van der Waals surface area contributed by atoms with Crippen molar-refractivity contribution in [2.24, 2.45) is 0 Å². The topological polar surface area (TPSA) is 84.9 Å². The second-order valence-electron chi connectivity index (χ2n) is 6.92. The lowest BCUT2D eigenvalue weighted by Gasteiger charge is -2.26. The van der Waals surface area contributed by atoms with Crippen LogP contribution in [0.1, 0.15) is 25.0 Å². The van der Waals surface area contributed by atoms with Gasteiger partial charge in [-0.15, -0.1) is 6.58 Å². The highest BCUT2D eigenvalue weighted by Crippen LogP contribution is 2.35. The Hall–Kier alpha value is -3.29. The molecule has 0 atom stereocenters. The number of carbonyl (C=O) groups is 3. The zero-order chi connectivity index (χ0) is 24.1. The predicted molar refractivity (Wildman–Crippen MR) is 128 cm³/mol. The molecule has 4 amide bonds. The van der Waals surface area contributed by atoms with Crippen LogP contribution in [0.4, 0.5) is 10.5 Å². The quantitative estimate of drug-likeness (QED) is 0.314. The van der Waals surface area contributed by atoms with Crippen LogP contribution in [0.3, 0.4) is 0 Å². The molecule has 0 saturated carbocycles. The van der Waals surface area contributed by atoms with Crippen LogP contribution in [0, 0.1) is 0 Å². The van der Waals surface area contributed by atoms with Gasteiger partial charge in [0.1, 0.15) is 5.57 Å². The molecule has 1 heterocycles. The molecule has 3 rings (SSSR count). The minimum atomic E-state index is -0.880. The fourth-order valence-corrected chi connectivity index (χ4v) is 3.62. The number of barbiturate groups is 1. The number of ether oxygens (including phenoxy) is 2. The fourth-order valence-electron chi connectivity index (χ4n) is 3.33. The van der Waals surface area contributed by atoms with Crippen molar-refractivity contribution in [1.82, 2.24) is 5.32 Å². The molecule has 2 aromatic rings. The number of hydrogen-bond acceptors (Lipinski definition) is 5. The molecule has 33 heavy (non-hydrogen) atoms. The largest absolute Gasteiger partial charge is 0.490 e. The second-order valence-corrected chi connectivity index (χ2v) is 7.74. The summed E-state index contributed by atoms with van der Waals surface area (Å²) in [6.45, 7) is 8.31. The van der Waals surface area contributed by atoms with Gasteiger partial charge in [-0.1, -0.05) is 29.3 Å². The molecule has 0 bridgehead atoms. The van der Waals surface area contributed by atoms with Crippen molar-refractivity contribution >= 4 is 52.8 Å². The molecule has 1 saturated heterocycles. The summed E-state index contributed by atoms with van der Waals surface area (Å²) in [4.78, 5) is 39.0. The highest BCUT2D eigenvalue weighted by atomic mass is 35.5. The lowest BCUT2D eigenvalue weighted by atomic mass is 10.0. The van der Waals surface area contributed by atoms with E-state index < -0.39 is 17.8 Å². The van der Waals surface area contributed by atoms with Gasteiger partial charge >= 0.3 is 6.03 Å². The summed E-state index contributed by atoms with van der Waals surface area (Å²) in [5.74, 6) is -0.544. The average molecular weight is 489 g/mol. The van der Waals surface area contributed by atoms with Gasteiger partial charge in [-0.05, 0) is 62.2 Å². The van der Waals surface area contributed by atoms with Crippen LogP contribution in [0.25, 0.3) is 6.08 Å². The van der Waals surface area contributed by atoms with Crippen molar-refractivity contribution in [3.05, 3.63) is 69.7 Å². The van der Waals surface area contributed by atoms with Crippen LogP contribution in [0.5, 0.6) is 11.5 Å². The summed E-state index contributed by atoms with van der Waals surface area (Å²) >= 11 is 12.0. The Balaban J connectivity index is 2.09. The molecule has 2 aromatic carbocycles. The number of rotatable bonds is 8. The number of nitrogens with one attached hydrogen (secondary N) is 1. The third-order valence-corrected chi connectivity index (χ3v) is 5.42. The molecule has 7 nitrogen and oxygen atoms in total. The van der Waals surface area contributed by atoms with Crippen LogP contribution < -0.4 is 19.7 Å². The third kappa shape index (κ3) is 5.21. The normalized spacial score (nSPS) is 15.0.